The van der Waals surface area contributed by atoms with Gasteiger partial charge in [-0.05, 0) is 49.6 Å². The third kappa shape index (κ3) is 4.44. The van der Waals surface area contributed by atoms with Crippen molar-refractivity contribution < 1.29 is 32.3 Å². The Hall–Kier alpha value is -3.57. The molecule has 1 N–H and O–H groups in total. The number of piperidine rings is 1. The van der Waals surface area contributed by atoms with Gasteiger partial charge in [-0.1, -0.05) is 18.2 Å². The lowest BCUT2D eigenvalue weighted by Crippen LogP contribution is -2.48. The van der Waals surface area contributed by atoms with Gasteiger partial charge >= 0.3 is 5.97 Å². The Morgan fingerprint density at radius 1 is 1.03 bits per heavy atom. The molecule has 2 aromatic rings. The van der Waals surface area contributed by atoms with Crippen LogP contribution in [0.3, 0.4) is 0 Å². The second kappa shape index (κ2) is 9.35. The molecule has 2 aromatic carbocycles. The van der Waals surface area contributed by atoms with Gasteiger partial charge in [0, 0.05) is 19.3 Å². The van der Waals surface area contributed by atoms with Crippen molar-refractivity contribution in [3.05, 3.63) is 59.7 Å². The summed E-state index contributed by atoms with van der Waals surface area (Å²) in [6, 6.07) is 11.1. The molecule has 2 heterocycles. The summed E-state index contributed by atoms with van der Waals surface area (Å²) >= 11 is 0. The average Bonchev–Trinajstić information content (AvgIpc) is 3.06. The van der Waals surface area contributed by atoms with Gasteiger partial charge in [-0.2, -0.15) is 4.31 Å². The highest BCUT2D eigenvalue weighted by Crippen LogP contribution is 2.27. The first-order chi connectivity index (χ1) is 16.2. The molecule has 3 amide bonds. The fraction of sp³-hybridized carbons (Fsp3) is 0.304. The maximum absolute atomic E-state index is 13.0. The van der Waals surface area contributed by atoms with E-state index in [2.05, 4.69) is 5.32 Å². The molecular weight excluding hydrogens is 462 g/mol. The van der Waals surface area contributed by atoms with Gasteiger partial charge in [0.1, 0.15) is 6.04 Å². The predicted octanol–water partition coefficient (Wildman–Crippen LogP) is 1.64. The highest BCUT2D eigenvalue weighted by Gasteiger charge is 2.39. The Kier molecular flexibility index (Phi) is 6.49. The molecule has 0 bridgehead atoms. The molecule has 1 fully saturated rings. The van der Waals surface area contributed by atoms with E-state index in [9.17, 15) is 27.6 Å². The zero-order valence-corrected chi connectivity index (χ0v) is 19.2. The standard InChI is InChI=1S/C23H23N3O7S/c1-25-21(28)17-11-10-15(13-18(17)22(25)29)24-20(27)14-33-23(30)19-9-5-6-12-26(19)34(31,32)16-7-3-2-4-8-16/h2-4,7-8,10-11,13,19H,5-6,9,12,14H2,1H3,(H,24,27). The Balaban J connectivity index is 1.40. The van der Waals surface area contributed by atoms with Gasteiger partial charge in [0.25, 0.3) is 17.7 Å². The number of carbonyl (C=O) groups excluding carboxylic acids is 4. The first-order valence-corrected chi connectivity index (χ1v) is 12.1. The summed E-state index contributed by atoms with van der Waals surface area (Å²) in [7, 11) is -2.52. The van der Waals surface area contributed by atoms with Crippen molar-refractivity contribution in [1.82, 2.24) is 9.21 Å². The van der Waals surface area contributed by atoms with Gasteiger partial charge in [0.05, 0.1) is 16.0 Å². The highest BCUT2D eigenvalue weighted by atomic mass is 32.2. The Morgan fingerprint density at radius 3 is 2.47 bits per heavy atom. The molecule has 0 aromatic heterocycles. The van der Waals surface area contributed by atoms with Crippen molar-refractivity contribution in [2.45, 2.75) is 30.2 Å². The number of hydrogen-bond donors (Lipinski definition) is 1. The first-order valence-electron chi connectivity index (χ1n) is 10.7. The van der Waals surface area contributed by atoms with E-state index in [1.807, 2.05) is 0 Å². The number of esters is 1. The summed E-state index contributed by atoms with van der Waals surface area (Å²) in [5, 5.41) is 2.52. The number of imide groups is 1. The molecule has 34 heavy (non-hydrogen) atoms. The number of fused-ring (bicyclic) bond motifs is 1. The van der Waals surface area contributed by atoms with Crippen LogP contribution in [0.25, 0.3) is 0 Å². The van der Waals surface area contributed by atoms with Crippen LogP contribution < -0.4 is 5.32 Å². The zero-order chi connectivity index (χ0) is 24.5. The van der Waals surface area contributed by atoms with E-state index in [0.29, 0.717) is 19.3 Å². The summed E-state index contributed by atoms with van der Waals surface area (Å²) in [6.07, 6.45) is 1.56. The number of nitrogens with one attached hydrogen (secondary N) is 1. The lowest BCUT2D eigenvalue weighted by atomic mass is 10.1. The molecule has 1 saturated heterocycles. The molecular formula is C23H23N3O7S. The van der Waals surface area contributed by atoms with Gasteiger partial charge in [-0.3, -0.25) is 24.1 Å². The number of amides is 3. The fourth-order valence-corrected chi connectivity index (χ4v) is 5.69. The van der Waals surface area contributed by atoms with Crippen molar-refractivity contribution in [3.8, 4) is 0 Å². The van der Waals surface area contributed by atoms with Crippen molar-refractivity contribution in [2.75, 3.05) is 25.5 Å². The van der Waals surface area contributed by atoms with Crippen molar-refractivity contribution >= 4 is 39.4 Å². The van der Waals surface area contributed by atoms with Crippen LogP contribution in [0.4, 0.5) is 5.69 Å². The van der Waals surface area contributed by atoms with Crippen LogP contribution in [-0.4, -0.2) is 67.6 Å². The van der Waals surface area contributed by atoms with Crippen LogP contribution in [0.1, 0.15) is 40.0 Å². The Bertz CT molecular complexity index is 1260. The predicted molar refractivity (Wildman–Crippen MR) is 120 cm³/mol. The number of ether oxygens (including phenoxy) is 1. The molecule has 1 unspecified atom stereocenters. The molecule has 1 atom stereocenters. The average molecular weight is 486 g/mol. The quantitative estimate of drug-likeness (QED) is 0.486. The third-order valence-corrected chi connectivity index (χ3v) is 7.72. The smallest absolute Gasteiger partial charge is 0.324 e. The number of rotatable bonds is 6. The van der Waals surface area contributed by atoms with E-state index < -0.39 is 46.4 Å². The summed E-state index contributed by atoms with van der Waals surface area (Å²) in [5.41, 5.74) is 0.683. The second-order valence-corrected chi connectivity index (χ2v) is 9.92. The van der Waals surface area contributed by atoms with E-state index in [-0.39, 0.29) is 28.3 Å². The number of sulfonamides is 1. The SMILES string of the molecule is CN1C(=O)c2ccc(NC(=O)COC(=O)C3CCCCN3S(=O)(=O)c3ccccc3)cc2C1=O. The topological polar surface area (TPSA) is 130 Å². The van der Waals surface area contributed by atoms with Crippen molar-refractivity contribution in [2.24, 2.45) is 0 Å². The molecule has 4 rings (SSSR count). The van der Waals surface area contributed by atoms with Crippen LogP contribution in [0.5, 0.6) is 0 Å². The molecule has 2 aliphatic rings. The van der Waals surface area contributed by atoms with E-state index in [1.54, 1.807) is 18.2 Å². The van der Waals surface area contributed by atoms with Gasteiger partial charge in [-0.15, -0.1) is 0 Å². The molecule has 178 valence electrons. The van der Waals surface area contributed by atoms with E-state index >= 15 is 0 Å². The van der Waals surface area contributed by atoms with E-state index in [0.717, 1.165) is 9.21 Å². The number of nitrogens with zero attached hydrogens (tertiary/aromatic N) is 2. The maximum atomic E-state index is 13.0. The molecule has 0 saturated carbocycles. The largest absolute Gasteiger partial charge is 0.454 e. The zero-order valence-electron chi connectivity index (χ0n) is 18.4. The minimum atomic E-state index is -3.89. The van der Waals surface area contributed by atoms with E-state index in [1.165, 1.54) is 37.4 Å². The Morgan fingerprint density at radius 2 is 1.74 bits per heavy atom. The maximum Gasteiger partial charge on any atom is 0.324 e. The number of hydrogen-bond acceptors (Lipinski definition) is 7. The minimum Gasteiger partial charge on any atom is -0.454 e. The van der Waals surface area contributed by atoms with Crippen molar-refractivity contribution in [1.29, 1.82) is 0 Å². The van der Waals surface area contributed by atoms with Crippen LogP contribution in [0.15, 0.2) is 53.4 Å². The first kappa shape index (κ1) is 23.6. The minimum absolute atomic E-state index is 0.0859. The molecule has 10 nitrogen and oxygen atoms in total. The number of carbonyl (C=O) groups is 4. The molecule has 11 heteroatoms. The summed E-state index contributed by atoms with van der Waals surface area (Å²) in [5.74, 6) is -2.36. The Labute approximate surface area is 196 Å². The molecule has 0 radical (unpaired) electrons. The summed E-state index contributed by atoms with van der Waals surface area (Å²) in [4.78, 5) is 50.2. The normalized spacial score (nSPS) is 18.5. The van der Waals surface area contributed by atoms with Crippen LogP contribution >= 0.6 is 0 Å². The molecule has 0 aliphatic carbocycles. The molecule has 2 aliphatic heterocycles. The van der Waals surface area contributed by atoms with Gasteiger partial charge in [0.2, 0.25) is 10.0 Å². The van der Waals surface area contributed by atoms with Gasteiger partial charge in [-0.25, -0.2) is 8.42 Å². The lowest BCUT2D eigenvalue weighted by Gasteiger charge is -2.32. The fourth-order valence-electron chi connectivity index (χ4n) is 4.03. The lowest BCUT2D eigenvalue weighted by molar-refractivity contribution is -0.152. The third-order valence-electron chi connectivity index (χ3n) is 5.79. The second-order valence-electron chi connectivity index (χ2n) is 8.03. The summed E-state index contributed by atoms with van der Waals surface area (Å²) in [6.45, 7) is -0.446. The van der Waals surface area contributed by atoms with E-state index in [4.69, 9.17) is 4.74 Å². The monoisotopic (exact) mass is 485 g/mol. The highest BCUT2D eigenvalue weighted by molar-refractivity contribution is 7.89. The van der Waals surface area contributed by atoms with Crippen LogP contribution in [0, 0.1) is 0 Å². The summed E-state index contributed by atoms with van der Waals surface area (Å²) < 4.78 is 32.3. The number of anilines is 1. The van der Waals surface area contributed by atoms with Crippen molar-refractivity contribution in [3.63, 3.8) is 0 Å². The van der Waals surface area contributed by atoms with Crippen LogP contribution in [0.2, 0.25) is 0 Å². The van der Waals surface area contributed by atoms with Gasteiger partial charge < -0.3 is 10.1 Å². The van der Waals surface area contributed by atoms with Gasteiger partial charge in [0.15, 0.2) is 6.61 Å². The molecule has 0 spiro atoms. The van der Waals surface area contributed by atoms with Crippen LogP contribution in [-0.2, 0) is 24.3 Å². The number of benzene rings is 2.